The molecule has 0 heterocycles. The Morgan fingerprint density at radius 3 is 2.68 bits per heavy atom. The minimum atomic E-state index is -0.702. The molecule has 0 radical (unpaired) electrons. The first-order valence-electron chi connectivity index (χ1n) is 6.36. The maximum Gasteiger partial charge on any atom is 0.224 e. The van der Waals surface area contributed by atoms with Gasteiger partial charge in [-0.15, -0.1) is 0 Å². The molecule has 0 unspecified atom stereocenters. The van der Waals surface area contributed by atoms with Crippen molar-refractivity contribution in [2.24, 2.45) is 5.41 Å². The van der Waals surface area contributed by atoms with Crippen molar-refractivity contribution >= 4 is 5.91 Å². The molecule has 1 aromatic carbocycles. The first kappa shape index (κ1) is 13.9. The second-order valence-corrected chi connectivity index (χ2v) is 5.16. The predicted molar refractivity (Wildman–Crippen MR) is 66.4 cm³/mol. The van der Waals surface area contributed by atoms with Crippen LogP contribution in [0.15, 0.2) is 18.2 Å². The number of carbonyl (C=O) groups is 1. The fourth-order valence-electron chi connectivity index (χ4n) is 2.12. The standard InChI is InChI=1S/C14H17F2NO2/c15-11-2-1-10(12(16)8-11)7-13(19)17-9-14(3-4-14)5-6-18/h1-2,8,18H,3-7,9H2,(H,17,19). The van der Waals surface area contributed by atoms with Crippen LogP contribution in [0.4, 0.5) is 8.78 Å². The molecule has 0 saturated heterocycles. The number of nitrogens with one attached hydrogen (secondary N) is 1. The molecule has 0 aliphatic heterocycles. The highest BCUT2D eigenvalue weighted by atomic mass is 19.1. The summed E-state index contributed by atoms with van der Waals surface area (Å²) in [6, 6.07) is 3.20. The van der Waals surface area contributed by atoms with Crippen LogP contribution >= 0.6 is 0 Å². The Morgan fingerprint density at radius 2 is 2.11 bits per heavy atom. The molecule has 19 heavy (non-hydrogen) atoms. The van der Waals surface area contributed by atoms with Gasteiger partial charge in [0.2, 0.25) is 5.91 Å². The van der Waals surface area contributed by atoms with Gasteiger partial charge in [-0.3, -0.25) is 4.79 Å². The summed E-state index contributed by atoms with van der Waals surface area (Å²) < 4.78 is 26.1. The third-order valence-corrected chi connectivity index (χ3v) is 3.63. The summed E-state index contributed by atoms with van der Waals surface area (Å²) in [6.07, 6.45) is 2.58. The SMILES string of the molecule is O=C(Cc1ccc(F)cc1F)NCC1(CCO)CC1. The third kappa shape index (κ3) is 3.73. The van der Waals surface area contributed by atoms with E-state index in [0.717, 1.165) is 25.0 Å². The zero-order valence-corrected chi connectivity index (χ0v) is 10.6. The van der Waals surface area contributed by atoms with E-state index in [1.54, 1.807) is 0 Å². The van der Waals surface area contributed by atoms with Gasteiger partial charge in [-0.05, 0) is 36.3 Å². The van der Waals surface area contributed by atoms with Crippen molar-refractivity contribution in [2.75, 3.05) is 13.2 Å². The van der Waals surface area contributed by atoms with E-state index in [4.69, 9.17) is 5.11 Å². The van der Waals surface area contributed by atoms with Crippen LogP contribution in [-0.2, 0) is 11.2 Å². The first-order chi connectivity index (χ1) is 9.04. The Morgan fingerprint density at radius 1 is 1.37 bits per heavy atom. The van der Waals surface area contributed by atoms with Crippen molar-refractivity contribution in [3.8, 4) is 0 Å². The van der Waals surface area contributed by atoms with Gasteiger partial charge in [-0.25, -0.2) is 8.78 Å². The molecule has 1 aliphatic rings. The second-order valence-electron chi connectivity index (χ2n) is 5.16. The number of aliphatic hydroxyl groups is 1. The van der Waals surface area contributed by atoms with E-state index in [2.05, 4.69) is 5.32 Å². The van der Waals surface area contributed by atoms with Crippen LogP contribution in [0, 0.1) is 17.0 Å². The third-order valence-electron chi connectivity index (χ3n) is 3.63. The summed E-state index contributed by atoms with van der Waals surface area (Å²) in [5, 5.41) is 11.7. The predicted octanol–water partition coefficient (Wildman–Crippen LogP) is 1.79. The number of amides is 1. The number of benzene rings is 1. The van der Waals surface area contributed by atoms with Gasteiger partial charge < -0.3 is 10.4 Å². The maximum absolute atomic E-state index is 13.4. The lowest BCUT2D eigenvalue weighted by atomic mass is 10.0. The summed E-state index contributed by atoms with van der Waals surface area (Å²) in [7, 11) is 0. The number of rotatable bonds is 6. The van der Waals surface area contributed by atoms with Crippen molar-refractivity contribution in [3.05, 3.63) is 35.4 Å². The quantitative estimate of drug-likeness (QED) is 0.827. The summed E-state index contributed by atoms with van der Waals surface area (Å²) in [5.41, 5.74) is 0.220. The molecular weight excluding hydrogens is 252 g/mol. The van der Waals surface area contributed by atoms with Crippen LogP contribution < -0.4 is 5.32 Å². The van der Waals surface area contributed by atoms with Crippen molar-refractivity contribution in [1.82, 2.24) is 5.32 Å². The van der Waals surface area contributed by atoms with Crippen molar-refractivity contribution < 1.29 is 18.7 Å². The minimum absolute atomic E-state index is 0.0335. The molecule has 1 amide bonds. The number of aliphatic hydroxyl groups excluding tert-OH is 1. The average molecular weight is 269 g/mol. The Hall–Kier alpha value is -1.49. The van der Waals surface area contributed by atoms with Gasteiger partial charge in [-0.1, -0.05) is 6.07 Å². The van der Waals surface area contributed by atoms with E-state index < -0.39 is 11.6 Å². The summed E-state index contributed by atoms with van der Waals surface area (Å²) in [4.78, 5) is 11.7. The Bertz CT molecular complexity index is 473. The lowest BCUT2D eigenvalue weighted by Crippen LogP contribution is -2.32. The lowest BCUT2D eigenvalue weighted by Gasteiger charge is -2.14. The Balaban J connectivity index is 1.84. The lowest BCUT2D eigenvalue weighted by molar-refractivity contribution is -0.120. The minimum Gasteiger partial charge on any atom is -0.396 e. The van der Waals surface area contributed by atoms with Crippen molar-refractivity contribution in [3.63, 3.8) is 0 Å². The molecule has 2 rings (SSSR count). The van der Waals surface area contributed by atoms with Gasteiger partial charge in [0.25, 0.3) is 0 Å². The highest BCUT2D eigenvalue weighted by Gasteiger charge is 2.41. The van der Waals surface area contributed by atoms with E-state index in [-0.39, 0.29) is 29.9 Å². The molecule has 0 bridgehead atoms. The maximum atomic E-state index is 13.4. The number of hydrogen-bond donors (Lipinski definition) is 2. The fraction of sp³-hybridized carbons (Fsp3) is 0.500. The Labute approximate surface area is 110 Å². The van der Waals surface area contributed by atoms with E-state index in [1.165, 1.54) is 6.07 Å². The van der Waals surface area contributed by atoms with Gasteiger partial charge in [0.05, 0.1) is 6.42 Å². The van der Waals surface area contributed by atoms with Crippen molar-refractivity contribution in [1.29, 1.82) is 0 Å². The molecule has 104 valence electrons. The number of carbonyl (C=O) groups excluding carboxylic acids is 1. The highest BCUT2D eigenvalue weighted by Crippen LogP contribution is 2.47. The zero-order valence-electron chi connectivity index (χ0n) is 10.6. The van der Waals surface area contributed by atoms with Gasteiger partial charge in [0.15, 0.2) is 0 Å². The number of hydrogen-bond acceptors (Lipinski definition) is 2. The van der Waals surface area contributed by atoms with Gasteiger partial charge in [0.1, 0.15) is 11.6 Å². The molecule has 0 aromatic heterocycles. The van der Waals surface area contributed by atoms with E-state index in [0.29, 0.717) is 13.0 Å². The van der Waals surface area contributed by atoms with E-state index in [9.17, 15) is 13.6 Å². The number of halogens is 2. The topological polar surface area (TPSA) is 49.3 Å². The summed E-state index contributed by atoms with van der Waals surface area (Å²) in [5.74, 6) is -1.64. The molecule has 3 nitrogen and oxygen atoms in total. The molecule has 1 aromatic rings. The molecule has 0 atom stereocenters. The second kappa shape index (κ2) is 5.65. The van der Waals surface area contributed by atoms with Crippen molar-refractivity contribution in [2.45, 2.75) is 25.7 Å². The molecule has 5 heteroatoms. The zero-order chi connectivity index (χ0) is 13.9. The van der Waals surface area contributed by atoms with Crippen LogP contribution in [-0.4, -0.2) is 24.2 Å². The monoisotopic (exact) mass is 269 g/mol. The van der Waals surface area contributed by atoms with Gasteiger partial charge in [-0.2, -0.15) is 0 Å². The molecule has 1 aliphatic carbocycles. The van der Waals surface area contributed by atoms with Crippen LogP contribution in [0.25, 0.3) is 0 Å². The molecule has 0 spiro atoms. The molecule has 1 fully saturated rings. The smallest absolute Gasteiger partial charge is 0.224 e. The molecule has 2 N–H and O–H groups in total. The fourth-order valence-corrected chi connectivity index (χ4v) is 2.12. The van der Waals surface area contributed by atoms with Crippen LogP contribution in [0.2, 0.25) is 0 Å². The summed E-state index contributed by atoms with van der Waals surface area (Å²) >= 11 is 0. The average Bonchev–Trinajstić information content (AvgIpc) is 3.11. The summed E-state index contributed by atoms with van der Waals surface area (Å²) in [6.45, 7) is 0.623. The largest absolute Gasteiger partial charge is 0.396 e. The van der Waals surface area contributed by atoms with Crippen LogP contribution in [0.1, 0.15) is 24.8 Å². The van der Waals surface area contributed by atoms with Gasteiger partial charge in [0, 0.05) is 19.2 Å². The highest BCUT2D eigenvalue weighted by molar-refractivity contribution is 5.78. The first-order valence-corrected chi connectivity index (χ1v) is 6.36. The van der Waals surface area contributed by atoms with E-state index in [1.807, 2.05) is 0 Å². The van der Waals surface area contributed by atoms with E-state index >= 15 is 0 Å². The Kier molecular flexibility index (Phi) is 4.14. The van der Waals surface area contributed by atoms with Crippen LogP contribution in [0.5, 0.6) is 0 Å². The van der Waals surface area contributed by atoms with Crippen LogP contribution in [0.3, 0.4) is 0 Å². The molecule has 1 saturated carbocycles. The molecular formula is C14H17F2NO2. The normalized spacial score (nSPS) is 16.2. The van der Waals surface area contributed by atoms with Gasteiger partial charge >= 0.3 is 0 Å².